The number of likely N-dealkylation sites (tertiary alicyclic amines) is 1. The molecule has 0 saturated carbocycles. The van der Waals surface area contributed by atoms with Crippen LogP contribution in [-0.2, 0) is 0 Å². The monoisotopic (exact) mass is 185 g/mol. The van der Waals surface area contributed by atoms with Crippen molar-refractivity contribution in [1.29, 1.82) is 0 Å². The molecular weight excluding hydrogens is 166 g/mol. The van der Waals surface area contributed by atoms with Gasteiger partial charge in [0.2, 0.25) is 0 Å². The maximum absolute atomic E-state index is 9.79. The Morgan fingerprint density at radius 3 is 2.31 bits per heavy atom. The van der Waals surface area contributed by atoms with E-state index >= 15 is 0 Å². The second kappa shape index (κ2) is 3.40. The van der Waals surface area contributed by atoms with Crippen molar-refractivity contribution in [2.24, 2.45) is 5.92 Å². The van der Waals surface area contributed by atoms with E-state index in [4.69, 9.17) is 0 Å². The molecule has 1 heterocycles. The van der Waals surface area contributed by atoms with Gasteiger partial charge >= 0.3 is 0 Å². The Labute approximate surface area is 79.7 Å². The third-order valence-corrected chi connectivity index (χ3v) is 2.69. The molecule has 0 aromatic heterocycles. The summed E-state index contributed by atoms with van der Waals surface area (Å²) < 4.78 is 0. The van der Waals surface area contributed by atoms with Crippen molar-refractivity contribution in [3.63, 3.8) is 0 Å². The molecular formula is C10H19NO2. The summed E-state index contributed by atoms with van der Waals surface area (Å²) in [5, 5.41) is 19.3. The lowest BCUT2D eigenvalue weighted by atomic mass is 9.92. The predicted molar refractivity (Wildman–Crippen MR) is 52.2 cm³/mol. The molecule has 1 saturated heterocycles. The van der Waals surface area contributed by atoms with Crippen LogP contribution in [0.3, 0.4) is 0 Å². The van der Waals surface area contributed by atoms with E-state index in [0.717, 1.165) is 5.57 Å². The summed E-state index contributed by atoms with van der Waals surface area (Å²) in [4.78, 5) is 1.86. The average molecular weight is 185 g/mol. The van der Waals surface area contributed by atoms with Gasteiger partial charge in [-0.2, -0.15) is 0 Å². The summed E-state index contributed by atoms with van der Waals surface area (Å²) in [6.07, 6.45) is -0.502. The van der Waals surface area contributed by atoms with E-state index in [1.807, 2.05) is 18.7 Å². The van der Waals surface area contributed by atoms with Gasteiger partial charge in [0.05, 0.1) is 5.60 Å². The third kappa shape index (κ3) is 2.30. The summed E-state index contributed by atoms with van der Waals surface area (Å²) in [6, 6.07) is 0. The summed E-state index contributed by atoms with van der Waals surface area (Å²) in [6.45, 7) is 10.5. The quantitative estimate of drug-likeness (QED) is 0.632. The number of hydrogen-bond donors (Lipinski definition) is 2. The standard InChI is InChI=1S/C10H19NO2/c1-7(2)8(3)9(12)11-5-10(4,13)6-11/h8-9,12-13H,1,5-6H2,2-4H3/t8-,9?/m1/s1. The first-order valence-corrected chi connectivity index (χ1v) is 4.63. The molecule has 1 aliphatic heterocycles. The summed E-state index contributed by atoms with van der Waals surface area (Å²) in [5.74, 6) is 0.0658. The second-order valence-corrected chi connectivity index (χ2v) is 4.45. The van der Waals surface area contributed by atoms with E-state index in [1.54, 1.807) is 6.92 Å². The van der Waals surface area contributed by atoms with Crippen molar-refractivity contribution in [2.75, 3.05) is 13.1 Å². The van der Waals surface area contributed by atoms with E-state index < -0.39 is 11.8 Å². The lowest BCUT2D eigenvalue weighted by molar-refractivity contribution is -0.161. The lowest BCUT2D eigenvalue weighted by Crippen LogP contribution is -2.64. The minimum absolute atomic E-state index is 0.0658. The van der Waals surface area contributed by atoms with Crippen LogP contribution >= 0.6 is 0 Å². The minimum Gasteiger partial charge on any atom is -0.387 e. The summed E-state index contributed by atoms with van der Waals surface area (Å²) in [5.41, 5.74) is 0.356. The molecule has 0 aromatic carbocycles. The van der Waals surface area contributed by atoms with Crippen LogP contribution in [0.5, 0.6) is 0 Å². The smallest absolute Gasteiger partial charge is 0.113 e. The zero-order chi connectivity index (χ0) is 10.2. The molecule has 2 N–H and O–H groups in total. The number of aliphatic hydroxyl groups excluding tert-OH is 1. The average Bonchev–Trinajstić information content (AvgIpc) is 1.97. The first kappa shape index (κ1) is 10.7. The normalized spacial score (nSPS) is 26.2. The van der Waals surface area contributed by atoms with Gasteiger partial charge in [-0.25, -0.2) is 0 Å². The van der Waals surface area contributed by atoms with Crippen LogP contribution < -0.4 is 0 Å². The second-order valence-electron chi connectivity index (χ2n) is 4.45. The molecule has 0 aromatic rings. The molecule has 0 spiro atoms. The van der Waals surface area contributed by atoms with E-state index in [2.05, 4.69) is 6.58 Å². The van der Waals surface area contributed by atoms with Gasteiger partial charge in [0.15, 0.2) is 0 Å². The molecule has 2 atom stereocenters. The van der Waals surface area contributed by atoms with Crippen molar-refractivity contribution in [2.45, 2.75) is 32.6 Å². The van der Waals surface area contributed by atoms with Crippen molar-refractivity contribution in [3.05, 3.63) is 12.2 Å². The Hall–Kier alpha value is -0.380. The van der Waals surface area contributed by atoms with Crippen molar-refractivity contribution in [1.82, 2.24) is 4.90 Å². The predicted octanol–water partition coefficient (Wildman–Crippen LogP) is 0.584. The topological polar surface area (TPSA) is 43.7 Å². The van der Waals surface area contributed by atoms with Gasteiger partial charge < -0.3 is 10.2 Å². The van der Waals surface area contributed by atoms with Crippen LogP contribution in [0, 0.1) is 5.92 Å². The summed E-state index contributed by atoms with van der Waals surface area (Å²) >= 11 is 0. The fourth-order valence-corrected chi connectivity index (χ4v) is 1.59. The van der Waals surface area contributed by atoms with E-state index in [0.29, 0.717) is 13.1 Å². The zero-order valence-electron chi connectivity index (χ0n) is 8.62. The SMILES string of the molecule is C=C(C)[C@@H](C)C(O)N1CC(C)(O)C1. The van der Waals surface area contributed by atoms with Gasteiger partial charge in [-0.05, 0) is 13.8 Å². The van der Waals surface area contributed by atoms with E-state index in [-0.39, 0.29) is 5.92 Å². The third-order valence-electron chi connectivity index (χ3n) is 2.69. The highest BCUT2D eigenvalue weighted by Crippen LogP contribution is 2.26. The van der Waals surface area contributed by atoms with E-state index in [9.17, 15) is 10.2 Å². The molecule has 1 aliphatic rings. The van der Waals surface area contributed by atoms with Crippen molar-refractivity contribution >= 4 is 0 Å². The fourth-order valence-electron chi connectivity index (χ4n) is 1.59. The molecule has 0 radical (unpaired) electrons. The molecule has 1 rings (SSSR count). The highest BCUT2D eigenvalue weighted by Gasteiger charge is 2.41. The molecule has 13 heavy (non-hydrogen) atoms. The molecule has 0 amide bonds. The fraction of sp³-hybridized carbons (Fsp3) is 0.800. The van der Waals surface area contributed by atoms with Gasteiger partial charge in [0, 0.05) is 19.0 Å². The van der Waals surface area contributed by atoms with Crippen LogP contribution in [-0.4, -0.2) is 40.0 Å². The lowest BCUT2D eigenvalue weighted by Gasteiger charge is -2.48. The largest absolute Gasteiger partial charge is 0.387 e. The molecule has 3 nitrogen and oxygen atoms in total. The number of aliphatic hydroxyl groups is 2. The highest BCUT2D eigenvalue weighted by molar-refractivity contribution is 5.01. The van der Waals surface area contributed by atoms with Crippen LogP contribution in [0.2, 0.25) is 0 Å². The molecule has 1 fully saturated rings. The van der Waals surface area contributed by atoms with Gasteiger partial charge in [-0.1, -0.05) is 19.1 Å². The van der Waals surface area contributed by atoms with Gasteiger partial charge in [0.25, 0.3) is 0 Å². The number of β-amino-alcohol motifs (C(OH)–C–C–N with tert-alkyl or cyclic N) is 1. The van der Waals surface area contributed by atoms with Gasteiger partial charge in [0.1, 0.15) is 6.23 Å². The number of nitrogens with zero attached hydrogens (tertiary/aromatic N) is 1. The molecule has 3 heteroatoms. The first-order valence-electron chi connectivity index (χ1n) is 4.63. The molecule has 0 bridgehead atoms. The Morgan fingerprint density at radius 1 is 1.54 bits per heavy atom. The Balaban J connectivity index is 2.43. The zero-order valence-corrected chi connectivity index (χ0v) is 8.62. The van der Waals surface area contributed by atoms with Crippen LogP contribution in [0.15, 0.2) is 12.2 Å². The van der Waals surface area contributed by atoms with E-state index in [1.165, 1.54) is 0 Å². The molecule has 76 valence electrons. The first-order chi connectivity index (χ1) is 5.83. The highest BCUT2D eigenvalue weighted by atomic mass is 16.3. The molecule has 1 unspecified atom stereocenters. The summed E-state index contributed by atoms with van der Waals surface area (Å²) in [7, 11) is 0. The Bertz CT molecular complexity index is 205. The molecule has 0 aliphatic carbocycles. The van der Waals surface area contributed by atoms with Crippen LogP contribution in [0.4, 0.5) is 0 Å². The van der Waals surface area contributed by atoms with Gasteiger partial charge in [-0.15, -0.1) is 0 Å². The minimum atomic E-state index is -0.615. The number of hydrogen-bond acceptors (Lipinski definition) is 3. The Morgan fingerprint density at radius 2 is 2.00 bits per heavy atom. The van der Waals surface area contributed by atoms with Crippen LogP contribution in [0.25, 0.3) is 0 Å². The maximum atomic E-state index is 9.79. The van der Waals surface area contributed by atoms with Crippen LogP contribution in [0.1, 0.15) is 20.8 Å². The maximum Gasteiger partial charge on any atom is 0.113 e. The Kier molecular flexibility index (Phi) is 2.80. The van der Waals surface area contributed by atoms with Crippen molar-refractivity contribution < 1.29 is 10.2 Å². The van der Waals surface area contributed by atoms with Gasteiger partial charge in [-0.3, -0.25) is 4.90 Å². The van der Waals surface area contributed by atoms with Crippen molar-refractivity contribution in [3.8, 4) is 0 Å². The number of rotatable bonds is 3.